The Morgan fingerprint density at radius 2 is 1.57 bits per heavy atom. The number of likely N-dealkylation sites (tertiary alicyclic amines) is 1. The van der Waals surface area contributed by atoms with E-state index >= 15 is 0 Å². The van der Waals surface area contributed by atoms with Crippen molar-refractivity contribution in [3.05, 3.63) is 35.4 Å². The van der Waals surface area contributed by atoms with E-state index in [0.29, 0.717) is 36.1 Å². The lowest BCUT2D eigenvalue weighted by molar-refractivity contribution is -0.137. The summed E-state index contributed by atoms with van der Waals surface area (Å²) >= 11 is 0. The molecule has 3 saturated carbocycles. The third-order valence-corrected chi connectivity index (χ3v) is 9.54. The van der Waals surface area contributed by atoms with Crippen LogP contribution in [-0.2, 0) is 17.5 Å². The van der Waals surface area contributed by atoms with Gasteiger partial charge in [0.05, 0.1) is 5.56 Å². The Balaban J connectivity index is 1.21. The molecule has 194 valence electrons. The molecule has 4 fully saturated rings. The summed E-state index contributed by atoms with van der Waals surface area (Å²) in [5.74, 6) is 2.54. The Morgan fingerprint density at radius 3 is 2.20 bits per heavy atom. The van der Waals surface area contributed by atoms with Gasteiger partial charge in [-0.2, -0.15) is 13.2 Å². The third-order valence-electron chi connectivity index (χ3n) is 9.54. The predicted molar refractivity (Wildman–Crippen MR) is 132 cm³/mol. The van der Waals surface area contributed by atoms with Gasteiger partial charge in [0.1, 0.15) is 0 Å². The highest BCUT2D eigenvalue weighted by atomic mass is 19.4. The number of fused-ring (bicyclic) bond motifs is 1. The maximum atomic E-state index is 13.8. The lowest BCUT2D eigenvalue weighted by Gasteiger charge is -2.37. The normalized spacial score (nSPS) is 29.0. The van der Waals surface area contributed by atoms with Crippen LogP contribution in [0.4, 0.5) is 13.2 Å². The van der Waals surface area contributed by atoms with Crippen LogP contribution in [0.3, 0.4) is 0 Å². The number of nitrogens with zero attached hydrogens (tertiary/aromatic N) is 1. The Hall–Kier alpha value is -1.56. The molecule has 1 aromatic rings. The summed E-state index contributed by atoms with van der Waals surface area (Å²) < 4.78 is 39.4. The maximum Gasteiger partial charge on any atom is 0.416 e. The van der Waals surface area contributed by atoms with E-state index in [1.165, 1.54) is 76.3 Å². The molecule has 0 radical (unpaired) electrons. The van der Waals surface area contributed by atoms with Gasteiger partial charge in [-0.3, -0.25) is 9.69 Å². The molecule has 1 heterocycles. The Bertz CT molecular complexity index is 842. The first-order valence-electron chi connectivity index (χ1n) is 14.1. The first kappa shape index (κ1) is 25.1. The average Bonchev–Trinajstić information content (AvgIpc) is 3.41. The number of halogens is 3. The molecule has 3 nitrogen and oxygen atoms in total. The lowest BCUT2D eigenvalue weighted by Crippen LogP contribution is -2.47. The number of amides is 1. The number of hydrogen-bond donors (Lipinski definition) is 1. The van der Waals surface area contributed by atoms with Crippen LogP contribution in [0.15, 0.2) is 24.3 Å². The second kappa shape index (κ2) is 10.8. The largest absolute Gasteiger partial charge is 0.416 e. The van der Waals surface area contributed by atoms with E-state index in [1.807, 2.05) is 0 Å². The van der Waals surface area contributed by atoms with E-state index in [2.05, 4.69) is 10.2 Å². The Kier molecular flexibility index (Phi) is 7.76. The zero-order valence-corrected chi connectivity index (χ0v) is 20.9. The van der Waals surface area contributed by atoms with Gasteiger partial charge in [-0.15, -0.1) is 0 Å². The topological polar surface area (TPSA) is 32.3 Å². The fourth-order valence-electron chi connectivity index (χ4n) is 7.85. The molecule has 0 bridgehead atoms. The van der Waals surface area contributed by atoms with E-state index in [1.54, 1.807) is 6.07 Å². The zero-order valence-electron chi connectivity index (χ0n) is 20.9. The van der Waals surface area contributed by atoms with Crippen molar-refractivity contribution in [1.82, 2.24) is 10.2 Å². The fourth-order valence-corrected chi connectivity index (χ4v) is 7.85. The third kappa shape index (κ3) is 5.89. The molecule has 0 unspecified atom stereocenters. The van der Waals surface area contributed by atoms with Crippen LogP contribution in [0.2, 0.25) is 0 Å². The number of alkyl halides is 3. The SMILES string of the molecule is O=C(N[C@@H]1CC[C@@H]2CN(Cc3cccc(C(F)(F)F)c3)C[C@@H]21)C(C1CCCCC1)C1CCCCC1. The van der Waals surface area contributed by atoms with Crippen LogP contribution in [0, 0.1) is 29.6 Å². The quantitative estimate of drug-likeness (QED) is 0.475. The summed E-state index contributed by atoms with van der Waals surface area (Å²) in [7, 11) is 0. The summed E-state index contributed by atoms with van der Waals surface area (Å²) in [5, 5.41) is 3.54. The molecule has 0 aromatic heterocycles. The van der Waals surface area contributed by atoms with E-state index < -0.39 is 11.7 Å². The highest BCUT2D eigenvalue weighted by molar-refractivity contribution is 5.79. The highest BCUT2D eigenvalue weighted by Gasteiger charge is 2.45. The van der Waals surface area contributed by atoms with Gasteiger partial charge in [0.2, 0.25) is 5.91 Å². The molecular weight excluding hydrogens is 449 g/mol. The molecule has 4 aliphatic rings. The highest BCUT2D eigenvalue weighted by Crippen LogP contribution is 2.42. The van der Waals surface area contributed by atoms with Crippen molar-refractivity contribution in [3.63, 3.8) is 0 Å². The summed E-state index contributed by atoms with van der Waals surface area (Å²) in [6.45, 7) is 2.33. The smallest absolute Gasteiger partial charge is 0.353 e. The van der Waals surface area contributed by atoms with Gasteiger partial charge >= 0.3 is 6.18 Å². The second-order valence-electron chi connectivity index (χ2n) is 11.8. The molecule has 5 rings (SSSR count). The van der Waals surface area contributed by atoms with Gasteiger partial charge in [-0.25, -0.2) is 0 Å². The first-order chi connectivity index (χ1) is 16.9. The minimum absolute atomic E-state index is 0.178. The van der Waals surface area contributed by atoms with Crippen molar-refractivity contribution in [2.75, 3.05) is 13.1 Å². The van der Waals surface area contributed by atoms with Gasteiger partial charge in [0.15, 0.2) is 0 Å². The average molecular weight is 491 g/mol. The van der Waals surface area contributed by atoms with Crippen LogP contribution < -0.4 is 5.32 Å². The van der Waals surface area contributed by atoms with Crippen molar-refractivity contribution < 1.29 is 18.0 Å². The van der Waals surface area contributed by atoms with Crippen molar-refractivity contribution in [1.29, 1.82) is 0 Å². The molecule has 0 spiro atoms. The van der Waals surface area contributed by atoms with Crippen molar-refractivity contribution in [2.24, 2.45) is 29.6 Å². The standard InChI is InChI=1S/C29H41F3N2O/c30-29(31,32)24-13-7-8-20(16-24)17-34-18-23-14-15-26(25(23)19-34)33-28(35)27(21-9-3-1-4-10-21)22-11-5-2-6-12-22/h7-8,13,16,21-23,25-27H,1-6,9-12,14-15,17-19H2,(H,33,35)/t23-,25+,26-/m1/s1. The van der Waals surface area contributed by atoms with E-state index in [4.69, 9.17) is 0 Å². The molecule has 1 aromatic carbocycles. The molecule has 1 amide bonds. The molecule has 1 N–H and O–H groups in total. The Morgan fingerprint density at radius 1 is 0.914 bits per heavy atom. The molecule has 1 saturated heterocycles. The van der Waals surface area contributed by atoms with Crippen LogP contribution in [0.1, 0.15) is 88.2 Å². The zero-order chi connectivity index (χ0) is 24.4. The second-order valence-corrected chi connectivity index (χ2v) is 11.8. The number of nitrogens with one attached hydrogen (secondary N) is 1. The van der Waals surface area contributed by atoms with Crippen molar-refractivity contribution in [3.8, 4) is 0 Å². The summed E-state index contributed by atoms with van der Waals surface area (Å²) in [4.78, 5) is 16.1. The van der Waals surface area contributed by atoms with E-state index in [-0.39, 0.29) is 12.0 Å². The number of carbonyl (C=O) groups excluding carboxylic acids is 1. The van der Waals surface area contributed by atoms with E-state index in [0.717, 1.165) is 37.6 Å². The summed E-state index contributed by atoms with van der Waals surface area (Å²) in [6.07, 6.45) is 10.3. The van der Waals surface area contributed by atoms with Crippen LogP contribution in [-0.4, -0.2) is 29.9 Å². The van der Waals surface area contributed by atoms with Crippen molar-refractivity contribution in [2.45, 2.75) is 95.8 Å². The van der Waals surface area contributed by atoms with Gasteiger partial charge in [-0.05, 0) is 73.8 Å². The number of carbonyl (C=O) groups is 1. The van der Waals surface area contributed by atoms with Gasteiger partial charge in [-0.1, -0.05) is 56.7 Å². The van der Waals surface area contributed by atoms with Crippen LogP contribution in [0.25, 0.3) is 0 Å². The van der Waals surface area contributed by atoms with Crippen molar-refractivity contribution >= 4 is 5.91 Å². The van der Waals surface area contributed by atoms with Crippen LogP contribution >= 0.6 is 0 Å². The van der Waals surface area contributed by atoms with Gasteiger partial charge < -0.3 is 5.32 Å². The molecule has 6 heteroatoms. The molecule has 3 aliphatic carbocycles. The van der Waals surface area contributed by atoms with E-state index in [9.17, 15) is 18.0 Å². The monoisotopic (exact) mass is 490 g/mol. The van der Waals surface area contributed by atoms with Gasteiger partial charge in [0.25, 0.3) is 0 Å². The number of benzene rings is 1. The minimum Gasteiger partial charge on any atom is -0.353 e. The molecule has 3 atom stereocenters. The summed E-state index contributed by atoms with van der Waals surface area (Å²) in [5.41, 5.74) is 0.144. The minimum atomic E-state index is -4.31. The molecular formula is C29H41F3N2O. The number of rotatable bonds is 6. The van der Waals surface area contributed by atoms with Crippen LogP contribution in [0.5, 0.6) is 0 Å². The van der Waals surface area contributed by atoms with Gasteiger partial charge in [0, 0.05) is 31.6 Å². The maximum absolute atomic E-state index is 13.8. The number of hydrogen-bond acceptors (Lipinski definition) is 2. The predicted octanol–water partition coefficient (Wildman–Crippen LogP) is 6.81. The lowest BCUT2D eigenvalue weighted by atomic mass is 9.69. The Labute approximate surface area is 208 Å². The first-order valence-corrected chi connectivity index (χ1v) is 14.1. The summed E-state index contributed by atoms with van der Waals surface area (Å²) in [6, 6.07) is 5.94. The fraction of sp³-hybridized carbons (Fsp3) is 0.759. The molecule has 1 aliphatic heterocycles. The molecule has 35 heavy (non-hydrogen) atoms.